The molecule has 2 heteroatoms. The van der Waals surface area contributed by atoms with Crippen molar-refractivity contribution in [1.82, 2.24) is 0 Å². The topological polar surface area (TPSA) is 37.3 Å². The molecular formula is C18H20O2. The van der Waals surface area contributed by atoms with Gasteiger partial charge < -0.3 is 5.11 Å². The largest absolute Gasteiger partial charge is 0.380 e. The number of aliphatic hydroxyl groups is 1. The van der Waals surface area contributed by atoms with Gasteiger partial charge in [0, 0.05) is 5.56 Å². The summed E-state index contributed by atoms with van der Waals surface area (Å²) in [6, 6.07) is 16.6. The van der Waals surface area contributed by atoms with Crippen LogP contribution < -0.4 is 0 Å². The summed E-state index contributed by atoms with van der Waals surface area (Å²) in [7, 11) is 0. The molecule has 2 nitrogen and oxygen atoms in total. The van der Waals surface area contributed by atoms with Crippen LogP contribution in [0.4, 0.5) is 0 Å². The van der Waals surface area contributed by atoms with Gasteiger partial charge in [-0.2, -0.15) is 0 Å². The number of aliphatic hydroxyl groups excluding tert-OH is 1. The van der Waals surface area contributed by atoms with E-state index < -0.39 is 6.10 Å². The smallest absolute Gasteiger partial charge is 0.195 e. The number of ketones is 1. The Balaban J connectivity index is 2.17. The molecule has 2 aromatic carbocycles. The molecule has 0 radical (unpaired) electrons. The third-order valence-corrected chi connectivity index (χ3v) is 3.74. The zero-order valence-electron chi connectivity index (χ0n) is 11.9. The van der Waals surface area contributed by atoms with Gasteiger partial charge in [0.15, 0.2) is 5.78 Å². The monoisotopic (exact) mass is 268 g/mol. The zero-order valence-corrected chi connectivity index (χ0v) is 11.9. The summed E-state index contributed by atoms with van der Waals surface area (Å²) < 4.78 is 0. The fraction of sp³-hybridized carbons (Fsp3) is 0.278. The third kappa shape index (κ3) is 3.14. The Morgan fingerprint density at radius 1 is 1.00 bits per heavy atom. The first kappa shape index (κ1) is 14.5. The van der Waals surface area contributed by atoms with E-state index >= 15 is 0 Å². The van der Waals surface area contributed by atoms with Crippen LogP contribution in [0.25, 0.3) is 0 Å². The van der Waals surface area contributed by atoms with E-state index in [1.54, 1.807) is 24.3 Å². The van der Waals surface area contributed by atoms with E-state index in [-0.39, 0.29) is 5.78 Å². The van der Waals surface area contributed by atoms with Crippen molar-refractivity contribution in [2.45, 2.75) is 32.3 Å². The van der Waals surface area contributed by atoms with Gasteiger partial charge in [-0.15, -0.1) is 0 Å². The van der Waals surface area contributed by atoms with Crippen molar-refractivity contribution in [1.29, 1.82) is 0 Å². The maximum atomic E-state index is 12.2. The zero-order chi connectivity index (χ0) is 14.5. The molecular weight excluding hydrogens is 248 g/mol. The van der Waals surface area contributed by atoms with E-state index in [0.29, 0.717) is 17.0 Å². The Kier molecular flexibility index (Phi) is 4.70. The van der Waals surface area contributed by atoms with Crippen LogP contribution in [0.3, 0.4) is 0 Å². The number of hydrogen-bond donors (Lipinski definition) is 1. The van der Waals surface area contributed by atoms with Crippen molar-refractivity contribution in [2.24, 2.45) is 0 Å². The fourth-order valence-electron chi connectivity index (χ4n) is 2.16. The molecule has 20 heavy (non-hydrogen) atoms. The second kappa shape index (κ2) is 6.49. The average Bonchev–Trinajstić information content (AvgIpc) is 2.53. The van der Waals surface area contributed by atoms with E-state index in [1.165, 1.54) is 5.56 Å². The van der Waals surface area contributed by atoms with Crippen molar-refractivity contribution < 1.29 is 9.90 Å². The minimum Gasteiger partial charge on any atom is -0.380 e. The predicted molar refractivity (Wildman–Crippen MR) is 80.9 cm³/mol. The molecule has 0 aliphatic carbocycles. The Labute approximate surface area is 120 Å². The van der Waals surface area contributed by atoms with Crippen LogP contribution in [-0.4, -0.2) is 10.9 Å². The summed E-state index contributed by atoms with van der Waals surface area (Å²) in [5.41, 5.74) is 2.40. The summed E-state index contributed by atoms with van der Waals surface area (Å²) in [5.74, 6) is 0.227. The van der Waals surface area contributed by atoms with Gasteiger partial charge in [-0.1, -0.05) is 68.4 Å². The van der Waals surface area contributed by atoms with Gasteiger partial charge in [0.2, 0.25) is 0 Å². The SMILES string of the molecule is CCC(C)c1ccc(C(=O)C(O)c2ccccc2)cc1. The molecule has 0 bridgehead atoms. The molecule has 0 spiro atoms. The summed E-state index contributed by atoms with van der Waals surface area (Å²) in [6.45, 7) is 4.30. The van der Waals surface area contributed by atoms with E-state index in [9.17, 15) is 9.90 Å². The van der Waals surface area contributed by atoms with Crippen molar-refractivity contribution in [3.8, 4) is 0 Å². The Morgan fingerprint density at radius 3 is 2.15 bits per heavy atom. The lowest BCUT2D eigenvalue weighted by Gasteiger charge is -2.12. The van der Waals surface area contributed by atoms with Crippen LogP contribution in [0.1, 0.15) is 53.8 Å². The Bertz CT molecular complexity index is 558. The molecule has 2 rings (SSSR count). The summed E-state index contributed by atoms with van der Waals surface area (Å²) in [6.07, 6.45) is -0.0226. The van der Waals surface area contributed by atoms with Crippen molar-refractivity contribution in [3.05, 3.63) is 71.3 Å². The van der Waals surface area contributed by atoms with Crippen LogP contribution in [0.15, 0.2) is 54.6 Å². The molecule has 0 fully saturated rings. The lowest BCUT2D eigenvalue weighted by Crippen LogP contribution is -2.12. The third-order valence-electron chi connectivity index (χ3n) is 3.74. The molecule has 104 valence electrons. The van der Waals surface area contributed by atoms with Crippen LogP contribution in [0.5, 0.6) is 0 Å². The molecule has 0 heterocycles. The Morgan fingerprint density at radius 2 is 1.60 bits per heavy atom. The molecule has 2 unspecified atom stereocenters. The van der Waals surface area contributed by atoms with Crippen LogP contribution in [0, 0.1) is 0 Å². The highest BCUT2D eigenvalue weighted by Gasteiger charge is 2.18. The van der Waals surface area contributed by atoms with Crippen molar-refractivity contribution in [2.75, 3.05) is 0 Å². The normalized spacial score (nSPS) is 13.8. The van der Waals surface area contributed by atoms with Crippen LogP contribution in [-0.2, 0) is 0 Å². The summed E-state index contributed by atoms with van der Waals surface area (Å²) in [5, 5.41) is 10.1. The van der Waals surface area contributed by atoms with Crippen molar-refractivity contribution in [3.63, 3.8) is 0 Å². The van der Waals surface area contributed by atoms with Crippen LogP contribution in [0.2, 0.25) is 0 Å². The first-order valence-electron chi connectivity index (χ1n) is 7.00. The molecule has 0 aromatic heterocycles. The molecule has 0 aliphatic rings. The van der Waals surface area contributed by atoms with Gasteiger partial charge in [0.05, 0.1) is 0 Å². The lowest BCUT2D eigenvalue weighted by atomic mass is 9.95. The summed E-state index contributed by atoms with van der Waals surface area (Å²) in [4.78, 5) is 12.2. The van der Waals surface area contributed by atoms with E-state index in [4.69, 9.17) is 0 Å². The van der Waals surface area contributed by atoms with Gasteiger partial charge in [0.25, 0.3) is 0 Å². The minimum atomic E-state index is -1.09. The highest BCUT2D eigenvalue weighted by atomic mass is 16.3. The summed E-state index contributed by atoms with van der Waals surface area (Å²) >= 11 is 0. The number of Topliss-reactive ketones (excluding diaryl/α,β-unsaturated/α-hetero) is 1. The highest BCUT2D eigenvalue weighted by Crippen LogP contribution is 2.22. The van der Waals surface area contributed by atoms with E-state index in [2.05, 4.69) is 13.8 Å². The Hall–Kier alpha value is -1.93. The van der Waals surface area contributed by atoms with Crippen molar-refractivity contribution >= 4 is 5.78 Å². The molecule has 0 saturated heterocycles. The molecule has 0 aliphatic heterocycles. The maximum Gasteiger partial charge on any atom is 0.195 e. The standard InChI is InChI=1S/C18H20O2/c1-3-13(2)14-9-11-16(12-10-14)18(20)17(19)15-7-5-4-6-8-15/h4-13,17,19H,3H2,1-2H3. The van der Waals surface area contributed by atoms with Gasteiger partial charge in [-0.05, 0) is 23.5 Å². The molecule has 0 amide bonds. The fourth-order valence-corrected chi connectivity index (χ4v) is 2.16. The number of hydrogen-bond acceptors (Lipinski definition) is 2. The second-order valence-electron chi connectivity index (χ2n) is 5.11. The lowest BCUT2D eigenvalue weighted by molar-refractivity contribution is 0.0747. The molecule has 1 N–H and O–H groups in total. The van der Waals surface area contributed by atoms with E-state index in [1.807, 2.05) is 30.3 Å². The number of carbonyl (C=O) groups excluding carboxylic acids is 1. The average molecular weight is 268 g/mol. The molecule has 2 aromatic rings. The maximum absolute atomic E-state index is 12.2. The van der Waals surface area contributed by atoms with Crippen LogP contribution >= 0.6 is 0 Å². The number of benzene rings is 2. The van der Waals surface area contributed by atoms with E-state index in [0.717, 1.165) is 6.42 Å². The second-order valence-corrected chi connectivity index (χ2v) is 5.11. The van der Waals surface area contributed by atoms with Gasteiger partial charge in [-0.3, -0.25) is 4.79 Å². The van der Waals surface area contributed by atoms with Gasteiger partial charge in [-0.25, -0.2) is 0 Å². The molecule has 0 saturated carbocycles. The van der Waals surface area contributed by atoms with Gasteiger partial charge in [0.1, 0.15) is 6.10 Å². The number of rotatable bonds is 5. The molecule has 2 atom stereocenters. The highest BCUT2D eigenvalue weighted by molar-refractivity contribution is 5.99. The number of carbonyl (C=O) groups is 1. The predicted octanol–water partition coefficient (Wildman–Crippen LogP) is 4.12. The first-order valence-corrected chi connectivity index (χ1v) is 7.00. The minimum absolute atomic E-state index is 0.257. The van der Waals surface area contributed by atoms with Gasteiger partial charge >= 0.3 is 0 Å². The quantitative estimate of drug-likeness (QED) is 0.828. The first-order chi connectivity index (χ1) is 9.63.